The van der Waals surface area contributed by atoms with E-state index < -0.39 is 6.04 Å². The Bertz CT molecular complexity index is 1100. The molecule has 0 spiro atoms. The van der Waals surface area contributed by atoms with Crippen molar-refractivity contribution in [2.24, 2.45) is 0 Å². The Kier molecular flexibility index (Phi) is 6.61. The van der Waals surface area contributed by atoms with Gasteiger partial charge < -0.3 is 21.3 Å². The molecule has 6 nitrogen and oxygen atoms in total. The van der Waals surface area contributed by atoms with Crippen LogP contribution in [0.2, 0.25) is 5.02 Å². The number of carbonyl (C=O) groups excluding carboxylic acids is 2. The van der Waals surface area contributed by atoms with Gasteiger partial charge in [0.05, 0.1) is 0 Å². The van der Waals surface area contributed by atoms with E-state index >= 15 is 0 Å². The monoisotopic (exact) mass is 448 g/mol. The normalized spacial score (nSPS) is 13.7. The van der Waals surface area contributed by atoms with Gasteiger partial charge in [0, 0.05) is 28.1 Å². The number of benzene rings is 3. The van der Waals surface area contributed by atoms with Crippen LogP contribution in [0.4, 0.5) is 21.9 Å². The SMILES string of the molecule is Cc1ccc(NC(=O)C(Nc2ccc(NC(=O)NC3CC3)cc2)c2ccccc2)cc1Cl. The summed E-state index contributed by atoms with van der Waals surface area (Å²) >= 11 is 6.20. The van der Waals surface area contributed by atoms with Crippen LogP contribution in [0.3, 0.4) is 0 Å². The molecule has 3 aromatic carbocycles. The number of rotatable bonds is 7. The number of nitrogens with one attached hydrogen (secondary N) is 4. The first-order valence-electron chi connectivity index (χ1n) is 10.5. The third-order valence-corrected chi connectivity index (χ3v) is 5.61. The van der Waals surface area contributed by atoms with Crippen molar-refractivity contribution in [2.75, 3.05) is 16.0 Å². The van der Waals surface area contributed by atoms with Crippen LogP contribution in [0.25, 0.3) is 0 Å². The first-order chi connectivity index (χ1) is 15.5. The van der Waals surface area contributed by atoms with Gasteiger partial charge in [0.15, 0.2) is 0 Å². The summed E-state index contributed by atoms with van der Waals surface area (Å²) < 4.78 is 0. The molecule has 1 saturated carbocycles. The number of halogens is 1. The summed E-state index contributed by atoms with van der Waals surface area (Å²) in [5.74, 6) is -0.206. The molecule has 1 fully saturated rings. The van der Waals surface area contributed by atoms with Gasteiger partial charge >= 0.3 is 6.03 Å². The largest absolute Gasteiger partial charge is 0.370 e. The highest BCUT2D eigenvalue weighted by Crippen LogP contribution is 2.25. The molecule has 164 valence electrons. The molecular formula is C25H25ClN4O2. The van der Waals surface area contributed by atoms with Crippen molar-refractivity contribution < 1.29 is 9.59 Å². The lowest BCUT2D eigenvalue weighted by molar-refractivity contribution is -0.117. The van der Waals surface area contributed by atoms with Gasteiger partial charge in [-0.25, -0.2) is 4.79 Å². The first kappa shape index (κ1) is 21.7. The molecule has 0 heterocycles. The maximum absolute atomic E-state index is 13.2. The van der Waals surface area contributed by atoms with E-state index in [1.165, 1.54) is 0 Å². The Labute approximate surface area is 192 Å². The van der Waals surface area contributed by atoms with Crippen LogP contribution in [0.1, 0.15) is 30.0 Å². The third kappa shape index (κ3) is 5.80. The van der Waals surface area contributed by atoms with Gasteiger partial charge in [-0.05, 0) is 67.3 Å². The van der Waals surface area contributed by atoms with Gasteiger partial charge in [-0.2, -0.15) is 0 Å². The first-order valence-corrected chi connectivity index (χ1v) is 10.9. The minimum absolute atomic E-state index is 0.202. The average Bonchev–Trinajstić information content (AvgIpc) is 3.60. The summed E-state index contributed by atoms with van der Waals surface area (Å²) in [6.45, 7) is 1.91. The van der Waals surface area contributed by atoms with E-state index in [-0.39, 0.29) is 11.9 Å². The lowest BCUT2D eigenvalue weighted by Crippen LogP contribution is -2.30. The summed E-state index contributed by atoms with van der Waals surface area (Å²) in [6, 6.07) is 21.7. The molecule has 32 heavy (non-hydrogen) atoms. The van der Waals surface area contributed by atoms with E-state index in [4.69, 9.17) is 11.6 Å². The van der Waals surface area contributed by atoms with Gasteiger partial charge in [-0.1, -0.05) is 48.0 Å². The summed E-state index contributed by atoms with van der Waals surface area (Å²) in [6.07, 6.45) is 2.07. The fourth-order valence-corrected chi connectivity index (χ4v) is 3.41. The van der Waals surface area contributed by atoms with E-state index in [1.54, 1.807) is 18.2 Å². The lowest BCUT2D eigenvalue weighted by atomic mass is 10.1. The smallest absolute Gasteiger partial charge is 0.319 e. The summed E-state index contributed by atoms with van der Waals surface area (Å²) in [4.78, 5) is 25.1. The zero-order chi connectivity index (χ0) is 22.5. The van der Waals surface area contributed by atoms with Crippen LogP contribution in [-0.4, -0.2) is 18.0 Å². The fourth-order valence-electron chi connectivity index (χ4n) is 3.23. The van der Waals surface area contributed by atoms with Crippen molar-refractivity contribution >= 4 is 40.6 Å². The Balaban J connectivity index is 1.47. The molecule has 7 heteroatoms. The maximum Gasteiger partial charge on any atom is 0.319 e. The standard InChI is InChI=1S/C25H25ClN4O2/c1-16-7-8-21(15-22(16)26)28-24(31)23(17-5-3-2-4-6-17)27-18-9-11-19(12-10-18)29-25(32)30-20-13-14-20/h2-12,15,20,23,27H,13-14H2,1H3,(H,28,31)(H2,29,30,32). The van der Waals surface area contributed by atoms with E-state index in [0.29, 0.717) is 22.4 Å². The van der Waals surface area contributed by atoms with Crippen molar-refractivity contribution in [3.05, 3.63) is 88.9 Å². The van der Waals surface area contributed by atoms with Crippen molar-refractivity contribution in [2.45, 2.75) is 31.8 Å². The van der Waals surface area contributed by atoms with Crippen molar-refractivity contribution in [3.8, 4) is 0 Å². The maximum atomic E-state index is 13.2. The predicted molar refractivity (Wildman–Crippen MR) is 129 cm³/mol. The summed E-state index contributed by atoms with van der Waals surface area (Å²) in [7, 11) is 0. The molecule has 3 amide bonds. The second-order valence-electron chi connectivity index (χ2n) is 7.89. The van der Waals surface area contributed by atoms with Crippen LogP contribution in [0.15, 0.2) is 72.8 Å². The quantitative estimate of drug-likeness (QED) is 0.373. The molecule has 0 bridgehead atoms. The highest BCUT2D eigenvalue weighted by molar-refractivity contribution is 6.31. The van der Waals surface area contributed by atoms with Gasteiger partial charge in [-0.3, -0.25) is 4.79 Å². The molecule has 3 aromatic rings. The Morgan fingerprint density at radius 3 is 2.19 bits per heavy atom. The molecule has 4 rings (SSSR count). The minimum Gasteiger partial charge on any atom is -0.370 e. The summed E-state index contributed by atoms with van der Waals surface area (Å²) in [5.41, 5.74) is 3.85. The second-order valence-corrected chi connectivity index (χ2v) is 8.30. The Morgan fingerprint density at radius 1 is 0.875 bits per heavy atom. The highest BCUT2D eigenvalue weighted by atomic mass is 35.5. The van der Waals surface area contributed by atoms with Gasteiger partial charge in [0.2, 0.25) is 0 Å². The van der Waals surface area contributed by atoms with Crippen LogP contribution >= 0.6 is 11.6 Å². The highest BCUT2D eigenvalue weighted by Gasteiger charge is 2.23. The molecule has 1 aliphatic carbocycles. The zero-order valence-corrected chi connectivity index (χ0v) is 18.4. The van der Waals surface area contributed by atoms with Crippen LogP contribution in [-0.2, 0) is 4.79 Å². The number of carbonyl (C=O) groups is 2. The second kappa shape index (κ2) is 9.75. The Morgan fingerprint density at radius 2 is 1.53 bits per heavy atom. The molecule has 0 aromatic heterocycles. The molecule has 4 N–H and O–H groups in total. The van der Waals surface area contributed by atoms with Gasteiger partial charge in [0.25, 0.3) is 5.91 Å². The van der Waals surface area contributed by atoms with Gasteiger partial charge in [0.1, 0.15) is 6.04 Å². The number of hydrogen-bond acceptors (Lipinski definition) is 3. The third-order valence-electron chi connectivity index (χ3n) is 5.20. The van der Waals surface area contributed by atoms with E-state index in [1.807, 2.05) is 61.5 Å². The number of aryl methyl sites for hydroxylation is 1. The molecule has 1 unspecified atom stereocenters. The van der Waals surface area contributed by atoms with E-state index in [9.17, 15) is 9.59 Å². The van der Waals surface area contributed by atoms with Crippen molar-refractivity contribution in [1.82, 2.24) is 5.32 Å². The Hall–Kier alpha value is -3.51. The summed E-state index contributed by atoms with van der Waals surface area (Å²) in [5, 5.41) is 12.5. The molecule has 0 aliphatic heterocycles. The number of urea groups is 1. The molecule has 0 saturated heterocycles. The zero-order valence-electron chi connectivity index (χ0n) is 17.7. The number of anilines is 3. The van der Waals surface area contributed by atoms with Crippen LogP contribution in [0, 0.1) is 6.92 Å². The van der Waals surface area contributed by atoms with Crippen molar-refractivity contribution in [1.29, 1.82) is 0 Å². The van der Waals surface area contributed by atoms with Gasteiger partial charge in [-0.15, -0.1) is 0 Å². The van der Waals surface area contributed by atoms with Crippen LogP contribution < -0.4 is 21.3 Å². The average molecular weight is 449 g/mol. The number of amides is 3. The number of hydrogen-bond donors (Lipinski definition) is 4. The van der Waals surface area contributed by atoms with E-state index in [2.05, 4.69) is 21.3 Å². The minimum atomic E-state index is -0.617. The predicted octanol–water partition coefficient (Wildman–Crippen LogP) is 5.72. The molecule has 1 aliphatic rings. The lowest BCUT2D eigenvalue weighted by Gasteiger charge is -2.20. The van der Waals surface area contributed by atoms with E-state index in [0.717, 1.165) is 29.7 Å². The van der Waals surface area contributed by atoms with Crippen molar-refractivity contribution in [3.63, 3.8) is 0 Å². The fraction of sp³-hybridized carbons (Fsp3) is 0.200. The van der Waals surface area contributed by atoms with Crippen LogP contribution in [0.5, 0.6) is 0 Å². The molecule has 1 atom stereocenters. The molecular weight excluding hydrogens is 424 g/mol. The topological polar surface area (TPSA) is 82.3 Å². The molecule has 0 radical (unpaired) electrons.